The molecule has 0 aromatic carbocycles. The zero-order valence-corrected chi connectivity index (χ0v) is 7.75. The van der Waals surface area contributed by atoms with Crippen molar-refractivity contribution in [2.24, 2.45) is 0 Å². The minimum absolute atomic E-state index is 0.483. The molecule has 1 aliphatic heterocycles. The number of aliphatic hydroxyl groups excluding tert-OH is 3. The Kier molecular flexibility index (Phi) is 3.63. The van der Waals surface area contributed by atoms with E-state index >= 15 is 0 Å². The minimum atomic E-state index is -1.20. The van der Waals surface area contributed by atoms with E-state index in [9.17, 15) is 15.3 Å². The van der Waals surface area contributed by atoms with Gasteiger partial charge in [0.1, 0.15) is 18.3 Å². The molecule has 0 bridgehead atoms. The van der Waals surface area contributed by atoms with Gasteiger partial charge in [-0.05, 0) is 6.42 Å². The van der Waals surface area contributed by atoms with Crippen LogP contribution >= 0.6 is 0 Å². The van der Waals surface area contributed by atoms with Gasteiger partial charge in [-0.25, -0.2) is 0 Å². The van der Waals surface area contributed by atoms with Gasteiger partial charge in [-0.15, -0.1) is 0 Å². The first-order valence-electron chi connectivity index (χ1n) is 4.34. The van der Waals surface area contributed by atoms with Crippen LogP contribution in [-0.4, -0.2) is 53.1 Å². The lowest BCUT2D eigenvalue weighted by molar-refractivity contribution is -0.290. The van der Waals surface area contributed by atoms with E-state index < -0.39 is 30.7 Å². The van der Waals surface area contributed by atoms with Crippen LogP contribution in [0.15, 0.2) is 0 Å². The van der Waals surface area contributed by atoms with Gasteiger partial charge in [0.05, 0.1) is 6.10 Å². The molecule has 2 unspecified atom stereocenters. The second-order valence-corrected chi connectivity index (χ2v) is 3.16. The Morgan fingerprint density at radius 3 is 2.23 bits per heavy atom. The summed E-state index contributed by atoms with van der Waals surface area (Å²) < 4.78 is 10.0. The van der Waals surface area contributed by atoms with E-state index in [1.165, 1.54) is 7.11 Å². The molecule has 5 heteroatoms. The highest BCUT2D eigenvalue weighted by molar-refractivity contribution is 4.88. The Hall–Kier alpha value is -0.200. The predicted molar refractivity (Wildman–Crippen MR) is 44.0 cm³/mol. The average molecular weight is 192 g/mol. The van der Waals surface area contributed by atoms with Gasteiger partial charge < -0.3 is 24.8 Å². The number of hydrogen-bond donors (Lipinski definition) is 3. The highest BCUT2D eigenvalue weighted by Crippen LogP contribution is 2.23. The maximum Gasteiger partial charge on any atom is 0.186 e. The van der Waals surface area contributed by atoms with Gasteiger partial charge in [-0.2, -0.15) is 0 Å². The Labute approximate surface area is 76.9 Å². The summed E-state index contributed by atoms with van der Waals surface area (Å²) in [5.74, 6) is 0. The fourth-order valence-electron chi connectivity index (χ4n) is 1.45. The molecule has 78 valence electrons. The van der Waals surface area contributed by atoms with Crippen LogP contribution in [0.3, 0.4) is 0 Å². The number of methoxy groups -OCH3 is 1. The highest BCUT2D eigenvalue weighted by atomic mass is 16.7. The zero-order chi connectivity index (χ0) is 10.0. The van der Waals surface area contributed by atoms with E-state index in [4.69, 9.17) is 9.47 Å². The fourth-order valence-corrected chi connectivity index (χ4v) is 1.45. The van der Waals surface area contributed by atoms with Gasteiger partial charge in [-0.3, -0.25) is 0 Å². The summed E-state index contributed by atoms with van der Waals surface area (Å²) in [6.45, 7) is 1.82. The van der Waals surface area contributed by atoms with Crippen LogP contribution < -0.4 is 0 Å². The highest BCUT2D eigenvalue weighted by Gasteiger charge is 2.42. The van der Waals surface area contributed by atoms with E-state index in [-0.39, 0.29) is 0 Å². The Bertz CT molecular complexity index is 143. The molecule has 0 saturated carbocycles. The van der Waals surface area contributed by atoms with Crippen molar-refractivity contribution in [1.29, 1.82) is 0 Å². The van der Waals surface area contributed by atoms with Gasteiger partial charge in [0.25, 0.3) is 0 Å². The van der Waals surface area contributed by atoms with Crippen molar-refractivity contribution < 1.29 is 24.8 Å². The first kappa shape index (κ1) is 10.9. The van der Waals surface area contributed by atoms with E-state index in [1.54, 1.807) is 0 Å². The van der Waals surface area contributed by atoms with E-state index in [2.05, 4.69) is 0 Å². The molecule has 5 nitrogen and oxygen atoms in total. The van der Waals surface area contributed by atoms with Gasteiger partial charge in [0.15, 0.2) is 6.29 Å². The van der Waals surface area contributed by atoms with Crippen LogP contribution in [-0.2, 0) is 9.47 Å². The molecule has 1 heterocycles. The van der Waals surface area contributed by atoms with Crippen LogP contribution in [0.4, 0.5) is 0 Å². The van der Waals surface area contributed by atoms with Crippen molar-refractivity contribution in [3.63, 3.8) is 0 Å². The third-order valence-corrected chi connectivity index (χ3v) is 2.30. The molecule has 0 radical (unpaired) electrons. The first-order chi connectivity index (χ1) is 6.11. The lowest BCUT2D eigenvalue weighted by atomic mass is 9.97. The molecule has 3 N–H and O–H groups in total. The SMILES string of the molecule is CC[C@@H]1OC(OC)[C@H](O)[C@H](O)C1O. The molecule has 0 aliphatic carbocycles. The maximum atomic E-state index is 9.43. The summed E-state index contributed by atoms with van der Waals surface area (Å²) >= 11 is 0. The normalized spacial score (nSPS) is 46.4. The summed E-state index contributed by atoms with van der Waals surface area (Å²) in [4.78, 5) is 0. The third-order valence-electron chi connectivity index (χ3n) is 2.30. The van der Waals surface area contributed by atoms with Gasteiger partial charge in [0, 0.05) is 7.11 Å². The predicted octanol–water partition coefficient (Wildman–Crippen LogP) is -1.15. The molecule has 0 aromatic rings. The summed E-state index contributed by atoms with van der Waals surface area (Å²) in [5.41, 5.74) is 0. The van der Waals surface area contributed by atoms with Crippen LogP contribution in [0.1, 0.15) is 13.3 Å². The van der Waals surface area contributed by atoms with Crippen LogP contribution in [0.25, 0.3) is 0 Å². The molecule has 0 amide bonds. The van der Waals surface area contributed by atoms with Crippen molar-refractivity contribution in [1.82, 2.24) is 0 Å². The minimum Gasteiger partial charge on any atom is -0.388 e. The molecule has 1 fully saturated rings. The molecule has 0 spiro atoms. The Balaban J connectivity index is 2.66. The summed E-state index contributed by atoms with van der Waals surface area (Å²) in [6, 6.07) is 0. The van der Waals surface area contributed by atoms with Crippen molar-refractivity contribution in [2.75, 3.05) is 7.11 Å². The molecule has 1 rings (SSSR count). The summed E-state index contributed by atoms with van der Waals surface area (Å²) in [6.07, 6.45) is -4.23. The quantitative estimate of drug-likeness (QED) is 0.515. The van der Waals surface area contributed by atoms with Gasteiger partial charge >= 0.3 is 0 Å². The maximum absolute atomic E-state index is 9.43. The lowest BCUT2D eigenvalue weighted by Gasteiger charge is -2.39. The van der Waals surface area contributed by atoms with E-state index in [0.29, 0.717) is 6.42 Å². The van der Waals surface area contributed by atoms with Crippen molar-refractivity contribution in [2.45, 2.75) is 44.1 Å². The fraction of sp³-hybridized carbons (Fsp3) is 1.00. The van der Waals surface area contributed by atoms with Gasteiger partial charge in [-0.1, -0.05) is 6.92 Å². The molecule has 1 aliphatic rings. The molecular weight excluding hydrogens is 176 g/mol. The lowest BCUT2D eigenvalue weighted by Crippen LogP contribution is -2.57. The Morgan fingerprint density at radius 2 is 1.77 bits per heavy atom. The van der Waals surface area contributed by atoms with Crippen molar-refractivity contribution >= 4 is 0 Å². The number of rotatable bonds is 2. The number of ether oxygens (including phenoxy) is 2. The first-order valence-corrected chi connectivity index (χ1v) is 4.34. The standard InChI is InChI=1S/C8H16O5/c1-3-4-5(9)6(10)7(11)8(12-2)13-4/h4-11H,3H2,1-2H3/t4-,5?,6+,7+,8?/m0/s1. The molecule has 1 saturated heterocycles. The van der Waals surface area contributed by atoms with Crippen molar-refractivity contribution in [3.05, 3.63) is 0 Å². The molecular formula is C8H16O5. The largest absolute Gasteiger partial charge is 0.388 e. The Morgan fingerprint density at radius 1 is 1.15 bits per heavy atom. The molecule has 0 aromatic heterocycles. The zero-order valence-electron chi connectivity index (χ0n) is 7.75. The second kappa shape index (κ2) is 4.34. The summed E-state index contributed by atoms with van der Waals surface area (Å²) in [5, 5.41) is 28.2. The van der Waals surface area contributed by atoms with Crippen LogP contribution in [0.2, 0.25) is 0 Å². The molecule has 5 atom stereocenters. The van der Waals surface area contributed by atoms with Gasteiger partial charge in [0.2, 0.25) is 0 Å². The third kappa shape index (κ3) is 2.00. The molecule has 13 heavy (non-hydrogen) atoms. The van der Waals surface area contributed by atoms with Crippen molar-refractivity contribution in [3.8, 4) is 0 Å². The van der Waals surface area contributed by atoms with Crippen LogP contribution in [0, 0.1) is 0 Å². The smallest absolute Gasteiger partial charge is 0.186 e. The van der Waals surface area contributed by atoms with E-state index in [0.717, 1.165) is 0 Å². The van der Waals surface area contributed by atoms with E-state index in [1.807, 2.05) is 6.92 Å². The number of aliphatic hydroxyl groups is 3. The average Bonchev–Trinajstić information content (AvgIpc) is 2.15. The summed E-state index contributed by atoms with van der Waals surface area (Å²) in [7, 11) is 1.38. The second-order valence-electron chi connectivity index (χ2n) is 3.16. The topological polar surface area (TPSA) is 79.2 Å². The number of hydrogen-bond acceptors (Lipinski definition) is 5. The monoisotopic (exact) mass is 192 g/mol. The van der Waals surface area contributed by atoms with Crippen LogP contribution in [0.5, 0.6) is 0 Å².